The minimum atomic E-state index is -0.372. The normalized spacial score (nSPS) is 10.7. The summed E-state index contributed by atoms with van der Waals surface area (Å²) in [7, 11) is 0. The van der Waals surface area contributed by atoms with Crippen LogP contribution in [0.25, 0.3) is 33.8 Å². The van der Waals surface area contributed by atoms with Gasteiger partial charge < -0.3 is 5.32 Å². The van der Waals surface area contributed by atoms with Gasteiger partial charge in [-0.3, -0.25) is 15.4 Å². The van der Waals surface area contributed by atoms with Crippen LogP contribution in [0.1, 0.15) is 11.4 Å². The van der Waals surface area contributed by atoms with Crippen LogP contribution in [0.4, 0.5) is 16.3 Å². The Morgan fingerprint density at radius 2 is 1.43 bits per heavy atom. The van der Waals surface area contributed by atoms with Crippen molar-refractivity contribution in [3.8, 4) is 33.8 Å². The molecule has 40 heavy (non-hydrogen) atoms. The molecule has 0 saturated carbocycles. The summed E-state index contributed by atoms with van der Waals surface area (Å²) in [6, 6.07) is 34.8. The fourth-order valence-corrected chi connectivity index (χ4v) is 4.38. The Kier molecular flexibility index (Phi) is 7.04. The van der Waals surface area contributed by atoms with E-state index in [-0.39, 0.29) is 6.03 Å². The largest absolute Gasteiger partial charge is 0.324 e. The number of amides is 2. The molecule has 0 radical (unpaired) electrons. The topological polar surface area (TPSA) is 108 Å². The number of pyridine rings is 2. The van der Waals surface area contributed by atoms with Crippen LogP contribution in [-0.4, -0.2) is 31.2 Å². The predicted octanol–water partition coefficient (Wildman–Crippen LogP) is 6.83. The van der Waals surface area contributed by atoms with Crippen molar-refractivity contribution in [3.63, 3.8) is 0 Å². The van der Waals surface area contributed by atoms with Crippen molar-refractivity contribution in [2.75, 3.05) is 10.6 Å². The minimum Gasteiger partial charge on any atom is -0.308 e. The maximum Gasteiger partial charge on any atom is 0.324 e. The molecule has 6 rings (SSSR count). The second-order valence-electron chi connectivity index (χ2n) is 9.15. The van der Waals surface area contributed by atoms with E-state index < -0.39 is 0 Å². The van der Waals surface area contributed by atoms with Crippen LogP contribution in [0.3, 0.4) is 0 Å². The molecular formula is C32H25N7O. The van der Waals surface area contributed by atoms with Gasteiger partial charge in [0.15, 0.2) is 5.82 Å². The number of hydrogen-bond acceptors (Lipinski definition) is 5. The van der Waals surface area contributed by atoms with Gasteiger partial charge in [-0.15, -0.1) is 0 Å². The van der Waals surface area contributed by atoms with Crippen molar-refractivity contribution in [1.29, 1.82) is 0 Å². The fraction of sp³-hybridized carbons (Fsp3) is 0.0312. The lowest BCUT2D eigenvalue weighted by molar-refractivity contribution is 0.262. The molecule has 0 aliphatic rings. The first kappa shape index (κ1) is 24.7. The van der Waals surface area contributed by atoms with E-state index in [2.05, 4.69) is 35.8 Å². The number of aromatic nitrogens is 5. The SMILES string of the molecule is O=C(Nc1cccc(Cc2nc(-c3ccnc(-c4ccccc4)c3)n[nH]2)c1)Nc1cc(-c2ccccc2)ccn1. The van der Waals surface area contributed by atoms with E-state index in [1.807, 2.05) is 109 Å². The number of hydrogen-bond donors (Lipinski definition) is 3. The van der Waals surface area contributed by atoms with Crippen LogP contribution in [0.2, 0.25) is 0 Å². The number of anilines is 2. The molecule has 0 fully saturated rings. The quantitative estimate of drug-likeness (QED) is 0.213. The summed E-state index contributed by atoms with van der Waals surface area (Å²) in [6.07, 6.45) is 3.97. The first-order chi connectivity index (χ1) is 19.7. The highest BCUT2D eigenvalue weighted by Gasteiger charge is 2.10. The Bertz CT molecular complexity index is 1750. The summed E-state index contributed by atoms with van der Waals surface area (Å²) in [4.78, 5) is 26.1. The zero-order chi connectivity index (χ0) is 27.1. The standard InChI is InChI=1S/C32H25N7O/c40-32(37-29-21-25(14-17-34-29)23-9-3-1-4-10-23)35-27-13-7-8-22(18-27)19-30-36-31(39-38-30)26-15-16-33-28(20-26)24-11-5-2-6-12-24/h1-18,20-21H,19H2,(H,36,38,39)(H2,34,35,37,40). The summed E-state index contributed by atoms with van der Waals surface area (Å²) in [5.41, 5.74) is 6.45. The highest BCUT2D eigenvalue weighted by Crippen LogP contribution is 2.23. The average Bonchev–Trinajstić information content (AvgIpc) is 3.47. The number of nitrogens with zero attached hydrogens (tertiary/aromatic N) is 4. The van der Waals surface area contributed by atoms with Gasteiger partial charge >= 0.3 is 6.03 Å². The second kappa shape index (κ2) is 11.4. The van der Waals surface area contributed by atoms with Gasteiger partial charge in [-0.25, -0.2) is 14.8 Å². The predicted molar refractivity (Wildman–Crippen MR) is 157 cm³/mol. The molecule has 0 aliphatic carbocycles. The van der Waals surface area contributed by atoms with E-state index in [0.717, 1.165) is 39.3 Å². The van der Waals surface area contributed by atoms with E-state index in [4.69, 9.17) is 0 Å². The number of benzene rings is 3. The van der Waals surface area contributed by atoms with Crippen LogP contribution < -0.4 is 10.6 Å². The van der Waals surface area contributed by atoms with Crippen LogP contribution in [-0.2, 0) is 6.42 Å². The van der Waals surface area contributed by atoms with E-state index in [1.165, 1.54) is 0 Å². The lowest BCUT2D eigenvalue weighted by atomic mass is 10.1. The molecule has 0 bridgehead atoms. The van der Waals surface area contributed by atoms with E-state index in [9.17, 15) is 4.79 Å². The molecule has 8 heteroatoms. The lowest BCUT2D eigenvalue weighted by Gasteiger charge is -2.09. The summed E-state index contributed by atoms with van der Waals surface area (Å²) in [6.45, 7) is 0. The fourth-order valence-electron chi connectivity index (χ4n) is 4.38. The van der Waals surface area contributed by atoms with Crippen molar-refractivity contribution in [2.45, 2.75) is 6.42 Å². The van der Waals surface area contributed by atoms with Gasteiger partial charge in [-0.05, 0) is 53.1 Å². The zero-order valence-electron chi connectivity index (χ0n) is 21.5. The highest BCUT2D eigenvalue weighted by molar-refractivity contribution is 5.99. The molecule has 3 N–H and O–H groups in total. The molecule has 3 heterocycles. The Balaban J connectivity index is 1.11. The Labute approximate surface area is 231 Å². The zero-order valence-corrected chi connectivity index (χ0v) is 21.5. The molecule has 0 aliphatic heterocycles. The van der Waals surface area contributed by atoms with Crippen LogP contribution in [0, 0.1) is 0 Å². The van der Waals surface area contributed by atoms with Gasteiger partial charge in [0.2, 0.25) is 0 Å². The summed E-state index contributed by atoms with van der Waals surface area (Å²) in [5.74, 6) is 1.79. The van der Waals surface area contributed by atoms with Crippen molar-refractivity contribution >= 4 is 17.5 Å². The molecule has 0 spiro atoms. The minimum absolute atomic E-state index is 0.372. The maximum absolute atomic E-state index is 12.7. The number of carbonyl (C=O) groups is 1. The van der Waals surface area contributed by atoms with E-state index >= 15 is 0 Å². The number of H-pyrrole nitrogens is 1. The second-order valence-corrected chi connectivity index (χ2v) is 9.15. The number of nitrogens with one attached hydrogen (secondary N) is 3. The maximum atomic E-state index is 12.7. The third-order valence-electron chi connectivity index (χ3n) is 6.28. The molecule has 0 atom stereocenters. The third-order valence-corrected chi connectivity index (χ3v) is 6.28. The van der Waals surface area contributed by atoms with Crippen LogP contribution in [0.15, 0.2) is 122 Å². The number of rotatable bonds is 7. The van der Waals surface area contributed by atoms with Crippen LogP contribution >= 0.6 is 0 Å². The van der Waals surface area contributed by atoms with Crippen molar-refractivity contribution in [1.82, 2.24) is 25.1 Å². The van der Waals surface area contributed by atoms with Crippen molar-refractivity contribution in [2.24, 2.45) is 0 Å². The highest BCUT2D eigenvalue weighted by atomic mass is 16.2. The molecule has 0 saturated heterocycles. The van der Waals surface area contributed by atoms with Gasteiger partial charge in [0.25, 0.3) is 0 Å². The molecule has 6 aromatic rings. The lowest BCUT2D eigenvalue weighted by Crippen LogP contribution is -2.20. The van der Waals surface area contributed by atoms with Crippen molar-refractivity contribution < 1.29 is 4.79 Å². The number of carbonyl (C=O) groups excluding carboxylic acids is 1. The summed E-state index contributed by atoms with van der Waals surface area (Å²) in [5, 5.41) is 13.1. The molecule has 8 nitrogen and oxygen atoms in total. The third kappa shape index (κ3) is 5.92. The Hall–Kier alpha value is -5.63. The van der Waals surface area contributed by atoms with E-state index in [0.29, 0.717) is 23.8 Å². The van der Waals surface area contributed by atoms with Gasteiger partial charge in [-0.1, -0.05) is 72.8 Å². The average molecular weight is 524 g/mol. The first-order valence-electron chi connectivity index (χ1n) is 12.8. The summed E-state index contributed by atoms with van der Waals surface area (Å²) < 4.78 is 0. The molecule has 2 amide bonds. The smallest absolute Gasteiger partial charge is 0.308 e. The monoisotopic (exact) mass is 523 g/mol. The van der Waals surface area contributed by atoms with Gasteiger partial charge in [0.05, 0.1) is 5.69 Å². The summed E-state index contributed by atoms with van der Waals surface area (Å²) >= 11 is 0. The first-order valence-corrected chi connectivity index (χ1v) is 12.8. The Morgan fingerprint density at radius 3 is 2.25 bits per heavy atom. The molecule has 3 aromatic carbocycles. The van der Waals surface area contributed by atoms with Gasteiger partial charge in [0.1, 0.15) is 11.6 Å². The molecule has 3 aromatic heterocycles. The van der Waals surface area contributed by atoms with Gasteiger partial charge in [0, 0.05) is 35.6 Å². The number of urea groups is 1. The van der Waals surface area contributed by atoms with E-state index in [1.54, 1.807) is 12.4 Å². The molecular weight excluding hydrogens is 498 g/mol. The van der Waals surface area contributed by atoms with Gasteiger partial charge in [-0.2, -0.15) is 5.10 Å². The van der Waals surface area contributed by atoms with Crippen LogP contribution in [0.5, 0.6) is 0 Å². The Morgan fingerprint density at radius 1 is 0.675 bits per heavy atom. The molecule has 0 unspecified atom stereocenters. The number of aromatic amines is 1. The van der Waals surface area contributed by atoms with Crippen molar-refractivity contribution in [3.05, 3.63) is 133 Å². The molecule has 194 valence electrons.